The second-order valence-corrected chi connectivity index (χ2v) is 4.71. The Morgan fingerprint density at radius 1 is 1.25 bits per heavy atom. The van der Waals surface area contributed by atoms with E-state index in [0.29, 0.717) is 23.4 Å². The zero-order valence-corrected chi connectivity index (χ0v) is 10.9. The number of imidazole rings is 1. The molecule has 0 bridgehead atoms. The number of aromatic nitrogens is 3. The van der Waals surface area contributed by atoms with Gasteiger partial charge in [-0.2, -0.15) is 0 Å². The van der Waals surface area contributed by atoms with Gasteiger partial charge in [-0.3, -0.25) is 0 Å². The number of carboxylic acid groups (broad SMARTS) is 1. The Bertz CT molecular complexity index is 775. The van der Waals surface area contributed by atoms with E-state index >= 15 is 0 Å². The predicted molar refractivity (Wildman–Crippen MR) is 74.8 cm³/mol. The van der Waals surface area contributed by atoms with E-state index in [1.807, 2.05) is 31.2 Å². The summed E-state index contributed by atoms with van der Waals surface area (Å²) in [5.74, 6) is -0.270. The van der Waals surface area contributed by atoms with Gasteiger partial charge in [0.1, 0.15) is 5.82 Å². The Labute approximate surface area is 115 Å². The zero-order chi connectivity index (χ0) is 14.1. The minimum Gasteiger partial charge on any atom is -0.478 e. The van der Waals surface area contributed by atoms with Gasteiger partial charge in [-0.05, 0) is 18.6 Å². The maximum absolute atomic E-state index is 11.1. The number of carboxylic acids is 1. The molecule has 0 amide bonds. The van der Waals surface area contributed by atoms with Crippen molar-refractivity contribution in [1.82, 2.24) is 15.0 Å². The van der Waals surface area contributed by atoms with Gasteiger partial charge < -0.3 is 10.1 Å². The molecule has 20 heavy (non-hydrogen) atoms. The monoisotopic (exact) mass is 267 g/mol. The van der Waals surface area contributed by atoms with Crippen molar-refractivity contribution < 1.29 is 9.90 Å². The number of aryl methyl sites for hydroxylation is 1. The average molecular weight is 267 g/mol. The Morgan fingerprint density at radius 2 is 2.00 bits per heavy atom. The van der Waals surface area contributed by atoms with E-state index in [4.69, 9.17) is 5.11 Å². The van der Waals surface area contributed by atoms with Crippen LogP contribution < -0.4 is 0 Å². The molecule has 2 N–H and O–H groups in total. The second-order valence-electron chi connectivity index (χ2n) is 4.71. The Balaban J connectivity index is 1.99. The standard InChI is InChI=1S/C15H13N3O2/c1-9-2-4-10(5-3-9)8-12-17-13-11(15(19)20)6-7-16-14(13)18-12/h2-7H,8H2,1H3,(H,19,20)(H,16,17,18). The highest BCUT2D eigenvalue weighted by Crippen LogP contribution is 2.16. The van der Waals surface area contributed by atoms with E-state index in [1.165, 1.54) is 17.8 Å². The third kappa shape index (κ3) is 2.25. The molecule has 1 aromatic carbocycles. The molecule has 100 valence electrons. The van der Waals surface area contributed by atoms with E-state index in [1.54, 1.807) is 0 Å². The third-order valence-electron chi connectivity index (χ3n) is 3.16. The molecule has 3 rings (SSSR count). The normalized spacial score (nSPS) is 10.8. The molecule has 2 heterocycles. The molecule has 0 saturated heterocycles. The molecule has 5 nitrogen and oxygen atoms in total. The number of hydrogen-bond acceptors (Lipinski definition) is 3. The van der Waals surface area contributed by atoms with Gasteiger partial charge in [0.2, 0.25) is 0 Å². The lowest BCUT2D eigenvalue weighted by atomic mass is 10.1. The summed E-state index contributed by atoms with van der Waals surface area (Å²) in [6.07, 6.45) is 2.08. The Kier molecular flexibility index (Phi) is 2.95. The van der Waals surface area contributed by atoms with Crippen molar-refractivity contribution >= 4 is 17.1 Å². The first-order valence-corrected chi connectivity index (χ1v) is 6.26. The number of rotatable bonds is 3. The van der Waals surface area contributed by atoms with Crippen LogP contribution in [0.5, 0.6) is 0 Å². The summed E-state index contributed by atoms with van der Waals surface area (Å²) < 4.78 is 0. The fourth-order valence-electron chi connectivity index (χ4n) is 2.12. The molecular formula is C15H13N3O2. The predicted octanol–water partition coefficient (Wildman–Crippen LogP) is 2.56. The number of aromatic carboxylic acids is 1. The molecule has 5 heteroatoms. The van der Waals surface area contributed by atoms with Crippen LogP contribution in [0.4, 0.5) is 0 Å². The zero-order valence-electron chi connectivity index (χ0n) is 10.9. The van der Waals surface area contributed by atoms with Gasteiger partial charge in [0.05, 0.1) is 11.1 Å². The van der Waals surface area contributed by atoms with Crippen molar-refractivity contribution in [1.29, 1.82) is 0 Å². The summed E-state index contributed by atoms with van der Waals surface area (Å²) in [5, 5.41) is 9.14. The summed E-state index contributed by atoms with van der Waals surface area (Å²) in [5.41, 5.74) is 3.42. The van der Waals surface area contributed by atoms with Gasteiger partial charge in [0.15, 0.2) is 5.65 Å². The highest BCUT2D eigenvalue weighted by Gasteiger charge is 2.13. The molecule has 0 radical (unpaired) electrons. The van der Waals surface area contributed by atoms with Crippen LogP contribution >= 0.6 is 0 Å². The van der Waals surface area contributed by atoms with Crippen molar-refractivity contribution in [2.45, 2.75) is 13.3 Å². The minimum atomic E-state index is -0.983. The largest absolute Gasteiger partial charge is 0.478 e. The molecule has 0 aliphatic carbocycles. The van der Waals surface area contributed by atoms with Crippen LogP contribution in [0, 0.1) is 6.92 Å². The molecule has 0 saturated carbocycles. The molecule has 0 spiro atoms. The van der Waals surface area contributed by atoms with E-state index in [9.17, 15) is 4.79 Å². The summed E-state index contributed by atoms with van der Waals surface area (Å²) in [4.78, 5) is 22.6. The van der Waals surface area contributed by atoms with E-state index in [2.05, 4.69) is 15.0 Å². The Morgan fingerprint density at radius 3 is 2.70 bits per heavy atom. The topological polar surface area (TPSA) is 78.9 Å². The van der Waals surface area contributed by atoms with Gasteiger partial charge in [0.25, 0.3) is 0 Å². The summed E-state index contributed by atoms with van der Waals surface area (Å²) in [6.45, 7) is 2.04. The van der Waals surface area contributed by atoms with E-state index in [-0.39, 0.29) is 5.56 Å². The molecule has 0 fully saturated rings. The van der Waals surface area contributed by atoms with Crippen LogP contribution in [-0.2, 0) is 6.42 Å². The molecular weight excluding hydrogens is 254 g/mol. The van der Waals surface area contributed by atoms with Crippen molar-refractivity contribution in [2.75, 3.05) is 0 Å². The van der Waals surface area contributed by atoms with Gasteiger partial charge >= 0.3 is 5.97 Å². The SMILES string of the molecule is Cc1ccc(Cc2nc3nccc(C(=O)O)c3[nH]2)cc1. The van der Waals surface area contributed by atoms with Crippen LogP contribution in [0.2, 0.25) is 0 Å². The highest BCUT2D eigenvalue weighted by molar-refractivity contribution is 5.99. The van der Waals surface area contributed by atoms with Gasteiger partial charge in [-0.1, -0.05) is 29.8 Å². The van der Waals surface area contributed by atoms with Crippen LogP contribution in [-0.4, -0.2) is 26.0 Å². The summed E-state index contributed by atoms with van der Waals surface area (Å²) in [6, 6.07) is 9.62. The fourth-order valence-corrected chi connectivity index (χ4v) is 2.12. The fraction of sp³-hybridized carbons (Fsp3) is 0.133. The number of fused-ring (bicyclic) bond motifs is 1. The molecule has 0 atom stereocenters. The number of aromatic amines is 1. The molecule has 2 aromatic heterocycles. The number of H-pyrrole nitrogens is 1. The van der Waals surface area contributed by atoms with Gasteiger partial charge in [-0.25, -0.2) is 14.8 Å². The minimum absolute atomic E-state index is 0.192. The first kappa shape index (κ1) is 12.3. The van der Waals surface area contributed by atoms with Gasteiger partial charge in [-0.15, -0.1) is 0 Å². The number of pyridine rings is 1. The lowest BCUT2D eigenvalue weighted by Gasteiger charge is -1.98. The number of carbonyl (C=O) groups is 1. The maximum atomic E-state index is 11.1. The van der Waals surface area contributed by atoms with Gasteiger partial charge in [0, 0.05) is 12.6 Å². The number of nitrogens with zero attached hydrogens (tertiary/aromatic N) is 2. The quantitative estimate of drug-likeness (QED) is 0.764. The average Bonchev–Trinajstić information content (AvgIpc) is 2.83. The first-order valence-electron chi connectivity index (χ1n) is 6.26. The summed E-state index contributed by atoms with van der Waals surface area (Å²) in [7, 11) is 0. The van der Waals surface area contributed by atoms with Crippen molar-refractivity contribution in [2.24, 2.45) is 0 Å². The number of hydrogen-bond donors (Lipinski definition) is 2. The van der Waals surface area contributed by atoms with Crippen LogP contribution in [0.1, 0.15) is 27.3 Å². The van der Waals surface area contributed by atoms with Crippen LogP contribution in [0.25, 0.3) is 11.2 Å². The number of nitrogens with one attached hydrogen (secondary N) is 1. The molecule has 0 unspecified atom stereocenters. The van der Waals surface area contributed by atoms with Crippen molar-refractivity contribution in [3.05, 3.63) is 59.0 Å². The Hall–Kier alpha value is -2.69. The maximum Gasteiger partial charge on any atom is 0.338 e. The van der Waals surface area contributed by atoms with E-state index in [0.717, 1.165) is 5.56 Å². The molecule has 0 aliphatic rings. The van der Waals surface area contributed by atoms with Crippen molar-refractivity contribution in [3.63, 3.8) is 0 Å². The lowest BCUT2D eigenvalue weighted by molar-refractivity contribution is 0.0698. The second kappa shape index (κ2) is 4.77. The molecule has 3 aromatic rings. The summed E-state index contributed by atoms with van der Waals surface area (Å²) >= 11 is 0. The van der Waals surface area contributed by atoms with Crippen LogP contribution in [0.3, 0.4) is 0 Å². The van der Waals surface area contributed by atoms with E-state index < -0.39 is 5.97 Å². The van der Waals surface area contributed by atoms with Crippen molar-refractivity contribution in [3.8, 4) is 0 Å². The third-order valence-corrected chi connectivity index (χ3v) is 3.16. The number of benzene rings is 1. The lowest BCUT2D eigenvalue weighted by Crippen LogP contribution is -1.97. The molecule has 0 aliphatic heterocycles. The first-order chi connectivity index (χ1) is 9.63. The smallest absolute Gasteiger partial charge is 0.338 e. The van der Waals surface area contributed by atoms with Crippen LogP contribution in [0.15, 0.2) is 36.5 Å². The highest BCUT2D eigenvalue weighted by atomic mass is 16.4.